The summed E-state index contributed by atoms with van der Waals surface area (Å²) in [6.07, 6.45) is 4.52. The van der Waals surface area contributed by atoms with Gasteiger partial charge in [0.2, 0.25) is 0 Å². The van der Waals surface area contributed by atoms with E-state index in [1.165, 1.54) is 17.1 Å². The molecule has 0 aliphatic carbocycles. The molecule has 1 aromatic carbocycles. The van der Waals surface area contributed by atoms with Gasteiger partial charge in [0.25, 0.3) is 0 Å². The van der Waals surface area contributed by atoms with E-state index in [2.05, 4.69) is 27.2 Å². The van der Waals surface area contributed by atoms with Gasteiger partial charge >= 0.3 is 11.7 Å². The second-order valence-corrected chi connectivity index (χ2v) is 5.47. The predicted octanol–water partition coefficient (Wildman–Crippen LogP) is 2.59. The molecule has 9 nitrogen and oxygen atoms in total. The first kappa shape index (κ1) is 16.5. The van der Waals surface area contributed by atoms with Crippen LogP contribution in [0.4, 0.5) is 16.2 Å². The van der Waals surface area contributed by atoms with E-state index in [9.17, 15) is 14.9 Å². The fourth-order valence-electron chi connectivity index (χ4n) is 2.57. The molecular weight excluding hydrogens is 324 g/mol. The molecule has 0 spiro atoms. The van der Waals surface area contributed by atoms with Crippen LogP contribution >= 0.6 is 0 Å². The summed E-state index contributed by atoms with van der Waals surface area (Å²) in [6.45, 7) is 3.57. The summed E-state index contributed by atoms with van der Waals surface area (Å²) in [4.78, 5) is 22.1. The number of nitrogens with zero attached hydrogens (tertiary/aromatic N) is 4. The minimum absolute atomic E-state index is 0.0725. The Bertz CT molecular complexity index is 914. The Morgan fingerprint density at radius 1 is 1.36 bits per heavy atom. The third-order valence-corrected chi connectivity index (χ3v) is 3.83. The van der Waals surface area contributed by atoms with Gasteiger partial charge < -0.3 is 15.2 Å². The molecule has 25 heavy (non-hydrogen) atoms. The predicted molar refractivity (Wildman–Crippen MR) is 93.5 cm³/mol. The van der Waals surface area contributed by atoms with Gasteiger partial charge in [-0.05, 0) is 30.5 Å². The van der Waals surface area contributed by atoms with E-state index in [0.29, 0.717) is 18.8 Å². The van der Waals surface area contributed by atoms with Crippen molar-refractivity contribution in [2.45, 2.75) is 20.0 Å². The molecule has 9 heteroatoms. The fraction of sp³-hybridized carbons (Fsp3) is 0.250. The first-order valence-electron chi connectivity index (χ1n) is 7.87. The van der Waals surface area contributed by atoms with Crippen LogP contribution in [-0.2, 0) is 13.1 Å². The Labute approximate surface area is 143 Å². The van der Waals surface area contributed by atoms with Crippen LogP contribution in [0.25, 0.3) is 10.9 Å². The first-order valence-corrected chi connectivity index (χ1v) is 7.87. The van der Waals surface area contributed by atoms with Crippen LogP contribution in [0.3, 0.4) is 0 Å². The number of anilines is 1. The Morgan fingerprint density at radius 2 is 2.20 bits per heavy atom. The van der Waals surface area contributed by atoms with E-state index in [1.54, 1.807) is 0 Å². The SMILES string of the molecule is CCn1ccc2ccc(NC(=O)NCCn3cc([N+](=O)[O-])cn3)cc21. The monoisotopic (exact) mass is 342 g/mol. The van der Waals surface area contributed by atoms with Gasteiger partial charge in [0, 0.05) is 25.0 Å². The summed E-state index contributed by atoms with van der Waals surface area (Å²) in [5.74, 6) is 0. The topological polar surface area (TPSA) is 107 Å². The van der Waals surface area contributed by atoms with E-state index < -0.39 is 4.92 Å². The van der Waals surface area contributed by atoms with Gasteiger partial charge in [-0.3, -0.25) is 14.8 Å². The zero-order valence-electron chi connectivity index (χ0n) is 13.7. The Balaban J connectivity index is 1.54. The van der Waals surface area contributed by atoms with Gasteiger partial charge in [-0.1, -0.05) is 6.07 Å². The number of carbonyl (C=O) groups is 1. The number of nitrogens with one attached hydrogen (secondary N) is 2. The summed E-state index contributed by atoms with van der Waals surface area (Å²) in [6, 6.07) is 7.43. The van der Waals surface area contributed by atoms with Crippen LogP contribution in [-0.4, -0.2) is 31.8 Å². The average Bonchev–Trinajstić information content (AvgIpc) is 3.21. The van der Waals surface area contributed by atoms with Crippen molar-refractivity contribution in [1.82, 2.24) is 19.7 Å². The standard InChI is InChI=1S/C16H18N6O3/c1-2-20-7-5-12-3-4-13(9-15(12)20)19-16(23)17-6-8-21-11-14(10-18-21)22(24)25/h3-5,7,9-11H,2,6,8H2,1H3,(H2,17,19,23). The van der Waals surface area contributed by atoms with Crippen molar-refractivity contribution in [2.24, 2.45) is 0 Å². The van der Waals surface area contributed by atoms with Crippen LogP contribution in [0.5, 0.6) is 0 Å². The highest BCUT2D eigenvalue weighted by Crippen LogP contribution is 2.20. The van der Waals surface area contributed by atoms with Crippen LogP contribution in [0.15, 0.2) is 42.9 Å². The number of urea groups is 1. The number of aromatic nitrogens is 3. The quantitative estimate of drug-likeness (QED) is 0.530. The number of benzene rings is 1. The largest absolute Gasteiger partial charge is 0.348 e. The van der Waals surface area contributed by atoms with Crippen LogP contribution < -0.4 is 10.6 Å². The Hall–Kier alpha value is -3.36. The lowest BCUT2D eigenvalue weighted by atomic mass is 10.2. The molecule has 130 valence electrons. The maximum Gasteiger partial charge on any atom is 0.319 e. The summed E-state index contributed by atoms with van der Waals surface area (Å²) in [5.41, 5.74) is 1.69. The molecule has 0 bridgehead atoms. The molecular formula is C16H18N6O3. The van der Waals surface area contributed by atoms with Gasteiger partial charge in [0.05, 0.1) is 17.0 Å². The third kappa shape index (κ3) is 3.77. The maximum absolute atomic E-state index is 12.0. The smallest absolute Gasteiger partial charge is 0.319 e. The molecule has 0 unspecified atom stereocenters. The second-order valence-electron chi connectivity index (χ2n) is 5.47. The number of aryl methyl sites for hydroxylation is 1. The molecule has 3 rings (SSSR count). The summed E-state index contributed by atoms with van der Waals surface area (Å²) >= 11 is 0. The molecule has 0 aliphatic heterocycles. The Kier molecular flexibility index (Phi) is 4.64. The summed E-state index contributed by atoms with van der Waals surface area (Å²) in [7, 11) is 0. The molecule has 0 saturated heterocycles. The molecule has 0 aliphatic rings. The van der Waals surface area contributed by atoms with E-state index >= 15 is 0 Å². The van der Waals surface area contributed by atoms with Gasteiger partial charge in [0.1, 0.15) is 12.4 Å². The fourth-order valence-corrected chi connectivity index (χ4v) is 2.57. The zero-order chi connectivity index (χ0) is 17.8. The minimum Gasteiger partial charge on any atom is -0.348 e. The number of hydrogen-bond donors (Lipinski definition) is 2. The van der Waals surface area contributed by atoms with Crippen molar-refractivity contribution in [3.63, 3.8) is 0 Å². The average molecular weight is 342 g/mol. The Morgan fingerprint density at radius 3 is 2.92 bits per heavy atom. The second kappa shape index (κ2) is 7.04. The van der Waals surface area contributed by atoms with Gasteiger partial charge in [-0.15, -0.1) is 0 Å². The highest BCUT2D eigenvalue weighted by atomic mass is 16.6. The van der Waals surface area contributed by atoms with Crippen molar-refractivity contribution in [1.29, 1.82) is 0 Å². The van der Waals surface area contributed by atoms with Crippen LogP contribution in [0, 0.1) is 10.1 Å². The molecule has 2 amide bonds. The van der Waals surface area contributed by atoms with Gasteiger partial charge in [-0.25, -0.2) is 4.79 Å². The van der Waals surface area contributed by atoms with Crippen molar-refractivity contribution in [3.05, 3.63) is 53.0 Å². The molecule has 2 N–H and O–H groups in total. The lowest BCUT2D eigenvalue weighted by Crippen LogP contribution is -2.31. The lowest BCUT2D eigenvalue weighted by Gasteiger charge is -2.09. The molecule has 0 saturated carbocycles. The number of fused-ring (bicyclic) bond motifs is 1. The highest BCUT2D eigenvalue weighted by molar-refractivity contribution is 5.92. The summed E-state index contributed by atoms with van der Waals surface area (Å²) in [5, 5.41) is 21.1. The molecule has 0 atom stereocenters. The van der Waals surface area contributed by atoms with Crippen molar-refractivity contribution >= 4 is 28.3 Å². The van der Waals surface area contributed by atoms with E-state index in [1.807, 2.05) is 30.5 Å². The van der Waals surface area contributed by atoms with Crippen molar-refractivity contribution < 1.29 is 9.72 Å². The molecule has 0 fully saturated rings. The first-order chi connectivity index (χ1) is 12.1. The number of carbonyl (C=O) groups excluding carboxylic acids is 1. The van der Waals surface area contributed by atoms with Crippen LogP contribution in [0.1, 0.15) is 6.92 Å². The maximum atomic E-state index is 12.0. The molecule has 3 aromatic rings. The van der Waals surface area contributed by atoms with Gasteiger partial charge in [-0.2, -0.15) is 5.10 Å². The minimum atomic E-state index is -0.508. The molecule has 0 radical (unpaired) electrons. The number of hydrogen-bond acceptors (Lipinski definition) is 4. The van der Waals surface area contributed by atoms with E-state index in [0.717, 1.165) is 17.4 Å². The summed E-state index contributed by atoms with van der Waals surface area (Å²) < 4.78 is 3.52. The molecule has 2 aromatic heterocycles. The lowest BCUT2D eigenvalue weighted by molar-refractivity contribution is -0.385. The van der Waals surface area contributed by atoms with Crippen LogP contribution in [0.2, 0.25) is 0 Å². The number of nitro groups is 1. The van der Waals surface area contributed by atoms with Gasteiger partial charge in [0.15, 0.2) is 0 Å². The third-order valence-electron chi connectivity index (χ3n) is 3.83. The number of amides is 2. The van der Waals surface area contributed by atoms with Crippen molar-refractivity contribution in [3.8, 4) is 0 Å². The van der Waals surface area contributed by atoms with E-state index in [4.69, 9.17) is 0 Å². The normalized spacial score (nSPS) is 10.8. The van der Waals surface area contributed by atoms with Crippen molar-refractivity contribution in [2.75, 3.05) is 11.9 Å². The van der Waals surface area contributed by atoms with E-state index in [-0.39, 0.29) is 11.7 Å². The number of rotatable bonds is 6. The molecule has 2 heterocycles. The highest BCUT2D eigenvalue weighted by Gasteiger charge is 2.09. The zero-order valence-corrected chi connectivity index (χ0v) is 13.7.